The summed E-state index contributed by atoms with van der Waals surface area (Å²) >= 11 is 0. The highest BCUT2D eigenvalue weighted by Crippen LogP contribution is 2.22. The van der Waals surface area contributed by atoms with Crippen molar-refractivity contribution in [3.63, 3.8) is 0 Å². The third-order valence-electron chi connectivity index (χ3n) is 2.71. The van der Waals surface area contributed by atoms with E-state index in [0.717, 1.165) is 12.1 Å². The van der Waals surface area contributed by atoms with E-state index in [9.17, 15) is 13.6 Å². The summed E-state index contributed by atoms with van der Waals surface area (Å²) in [6.07, 6.45) is 0. The van der Waals surface area contributed by atoms with Crippen LogP contribution in [-0.4, -0.2) is 22.1 Å². The fraction of sp³-hybridized carbons (Fsp3) is 0.231. The molecule has 1 aromatic carbocycles. The topological polar surface area (TPSA) is 70.1 Å². The number of carbonyl (C=O) groups is 1. The molecule has 0 spiro atoms. The van der Waals surface area contributed by atoms with E-state index < -0.39 is 17.6 Å². The fourth-order valence-electron chi connectivity index (χ4n) is 1.85. The average Bonchev–Trinajstić information content (AvgIpc) is 2.69. The van der Waals surface area contributed by atoms with Crippen LogP contribution in [0.5, 0.6) is 0 Å². The van der Waals surface area contributed by atoms with Crippen LogP contribution in [-0.2, 0) is 4.74 Å². The molecular formula is C13H13F2N3O2. The van der Waals surface area contributed by atoms with E-state index in [1.54, 1.807) is 13.8 Å². The van der Waals surface area contributed by atoms with Gasteiger partial charge in [-0.15, -0.1) is 0 Å². The summed E-state index contributed by atoms with van der Waals surface area (Å²) in [4.78, 5) is 15.7. The Balaban J connectivity index is 2.52. The molecule has 0 aliphatic rings. The Hall–Kier alpha value is -2.44. The maximum absolute atomic E-state index is 13.3. The predicted octanol–water partition coefficient (Wildman–Crippen LogP) is 2.22. The molecule has 5 nitrogen and oxygen atoms in total. The van der Waals surface area contributed by atoms with Crippen LogP contribution in [0.4, 0.5) is 14.6 Å². The van der Waals surface area contributed by atoms with E-state index in [1.165, 1.54) is 10.6 Å². The lowest BCUT2D eigenvalue weighted by molar-refractivity contribution is 0.0521. The monoisotopic (exact) mass is 281 g/mol. The molecule has 1 aromatic heterocycles. The molecule has 0 aliphatic heterocycles. The zero-order valence-corrected chi connectivity index (χ0v) is 11.0. The second-order valence-electron chi connectivity index (χ2n) is 4.05. The largest absolute Gasteiger partial charge is 0.461 e. The third kappa shape index (κ3) is 2.34. The van der Waals surface area contributed by atoms with Gasteiger partial charge in [-0.3, -0.25) is 4.57 Å². The summed E-state index contributed by atoms with van der Waals surface area (Å²) in [5.74, 6) is -2.23. The molecule has 0 aliphatic carbocycles. The van der Waals surface area contributed by atoms with Crippen molar-refractivity contribution in [2.75, 3.05) is 12.3 Å². The van der Waals surface area contributed by atoms with Crippen LogP contribution in [0.3, 0.4) is 0 Å². The fourth-order valence-corrected chi connectivity index (χ4v) is 1.85. The van der Waals surface area contributed by atoms with Gasteiger partial charge in [0.15, 0.2) is 17.3 Å². The molecule has 7 heteroatoms. The summed E-state index contributed by atoms with van der Waals surface area (Å²) in [6.45, 7) is 3.45. The molecule has 0 bridgehead atoms. The first-order valence-electron chi connectivity index (χ1n) is 5.93. The zero-order chi connectivity index (χ0) is 14.9. The van der Waals surface area contributed by atoms with Crippen LogP contribution >= 0.6 is 0 Å². The van der Waals surface area contributed by atoms with E-state index in [1.807, 2.05) is 0 Å². The Morgan fingerprint density at radius 2 is 2.10 bits per heavy atom. The highest BCUT2D eigenvalue weighted by molar-refractivity contribution is 5.92. The first kappa shape index (κ1) is 14.0. The summed E-state index contributed by atoms with van der Waals surface area (Å²) in [7, 11) is 0. The Bertz CT molecular complexity index is 668. The van der Waals surface area contributed by atoms with Crippen molar-refractivity contribution in [2.45, 2.75) is 13.8 Å². The summed E-state index contributed by atoms with van der Waals surface area (Å²) in [5.41, 5.74) is 6.07. The number of ether oxygens (including phenoxy) is 1. The number of aryl methyl sites for hydroxylation is 1. The first-order chi connectivity index (χ1) is 9.45. The lowest BCUT2D eigenvalue weighted by Gasteiger charge is -2.08. The van der Waals surface area contributed by atoms with Crippen molar-refractivity contribution < 1.29 is 18.3 Å². The van der Waals surface area contributed by atoms with Gasteiger partial charge in [-0.05, 0) is 26.0 Å². The number of nitrogens with two attached hydrogens (primary N) is 1. The van der Waals surface area contributed by atoms with E-state index in [4.69, 9.17) is 10.5 Å². The molecule has 0 unspecified atom stereocenters. The first-order valence-corrected chi connectivity index (χ1v) is 5.93. The number of hydrogen-bond acceptors (Lipinski definition) is 4. The SMILES string of the molecule is CCOC(=O)c1nc(C)n(-c2ccc(F)c(F)c2)c1N. The molecule has 0 fully saturated rings. The Morgan fingerprint density at radius 3 is 2.70 bits per heavy atom. The summed E-state index contributed by atoms with van der Waals surface area (Å²) in [5, 5.41) is 0. The molecule has 106 valence electrons. The number of hydrogen-bond donors (Lipinski definition) is 1. The number of rotatable bonds is 3. The molecule has 0 saturated carbocycles. The lowest BCUT2D eigenvalue weighted by atomic mass is 10.3. The van der Waals surface area contributed by atoms with Crippen molar-refractivity contribution in [3.05, 3.63) is 41.4 Å². The minimum atomic E-state index is -1.01. The van der Waals surface area contributed by atoms with Gasteiger partial charge in [0.05, 0.1) is 12.3 Å². The zero-order valence-electron chi connectivity index (χ0n) is 11.0. The highest BCUT2D eigenvalue weighted by atomic mass is 19.2. The van der Waals surface area contributed by atoms with Gasteiger partial charge >= 0.3 is 5.97 Å². The van der Waals surface area contributed by atoms with Crippen LogP contribution in [0.1, 0.15) is 23.2 Å². The van der Waals surface area contributed by atoms with Gasteiger partial charge < -0.3 is 10.5 Å². The Kier molecular flexibility index (Phi) is 3.69. The van der Waals surface area contributed by atoms with Crippen molar-refractivity contribution in [2.24, 2.45) is 0 Å². The van der Waals surface area contributed by atoms with Crippen LogP contribution in [0.15, 0.2) is 18.2 Å². The normalized spacial score (nSPS) is 10.6. The lowest BCUT2D eigenvalue weighted by Crippen LogP contribution is -2.09. The van der Waals surface area contributed by atoms with Crippen molar-refractivity contribution in [1.82, 2.24) is 9.55 Å². The summed E-state index contributed by atoms with van der Waals surface area (Å²) in [6, 6.07) is 3.31. The van der Waals surface area contributed by atoms with E-state index in [2.05, 4.69) is 4.98 Å². The van der Waals surface area contributed by atoms with Gasteiger partial charge in [0.1, 0.15) is 11.6 Å². The number of benzene rings is 1. The second-order valence-corrected chi connectivity index (χ2v) is 4.05. The van der Waals surface area contributed by atoms with Crippen molar-refractivity contribution in [1.29, 1.82) is 0 Å². The van der Waals surface area contributed by atoms with E-state index in [-0.39, 0.29) is 23.8 Å². The summed E-state index contributed by atoms with van der Waals surface area (Å²) < 4.78 is 32.4. The minimum Gasteiger partial charge on any atom is -0.461 e. The second kappa shape index (κ2) is 5.28. The van der Waals surface area contributed by atoms with Crippen molar-refractivity contribution in [3.8, 4) is 5.69 Å². The molecule has 0 saturated heterocycles. The molecule has 0 atom stereocenters. The number of esters is 1. The van der Waals surface area contributed by atoms with Gasteiger partial charge in [-0.2, -0.15) is 0 Å². The quantitative estimate of drug-likeness (QED) is 0.876. The van der Waals surface area contributed by atoms with Crippen LogP contribution in [0, 0.1) is 18.6 Å². The van der Waals surface area contributed by atoms with Crippen molar-refractivity contribution >= 4 is 11.8 Å². The molecule has 0 radical (unpaired) electrons. The maximum atomic E-state index is 13.3. The maximum Gasteiger partial charge on any atom is 0.360 e. The standard InChI is InChI=1S/C13H13F2N3O2/c1-3-20-13(19)11-12(16)18(7(2)17-11)8-4-5-9(14)10(15)6-8/h4-6H,3,16H2,1-2H3. The minimum absolute atomic E-state index is 0.0203. The molecule has 20 heavy (non-hydrogen) atoms. The van der Waals surface area contributed by atoms with Gasteiger partial charge in [0.25, 0.3) is 0 Å². The third-order valence-corrected chi connectivity index (χ3v) is 2.71. The number of imidazole rings is 1. The molecule has 2 aromatic rings. The predicted molar refractivity (Wildman–Crippen MR) is 68.6 cm³/mol. The van der Waals surface area contributed by atoms with Crippen LogP contribution in [0.2, 0.25) is 0 Å². The molecular weight excluding hydrogens is 268 g/mol. The van der Waals surface area contributed by atoms with E-state index >= 15 is 0 Å². The Morgan fingerprint density at radius 1 is 1.40 bits per heavy atom. The Labute approximate surface area is 114 Å². The molecule has 1 heterocycles. The van der Waals surface area contributed by atoms with Gasteiger partial charge in [0, 0.05) is 6.07 Å². The average molecular weight is 281 g/mol. The molecule has 2 N–H and O–H groups in total. The number of nitrogen functional groups attached to an aromatic ring is 1. The van der Waals surface area contributed by atoms with Gasteiger partial charge in [-0.25, -0.2) is 18.6 Å². The number of anilines is 1. The number of nitrogens with zero attached hydrogens (tertiary/aromatic N) is 2. The molecule has 0 amide bonds. The number of halogens is 2. The van der Waals surface area contributed by atoms with Crippen LogP contribution < -0.4 is 5.73 Å². The van der Waals surface area contributed by atoms with Gasteiger partial charge in [-0.1, -0.05) is 0 Å². The van der Waals surface area contributed by atoms with Gasteiger partial charge in [0.2, 0.25) is 0 Å². The smallest absolute Gasteiger partial charge is 0.360 e. The number of carbonyl (C=O) groups excluding carboxylic acids is 1. The number of aromatic nitrogens is 2. The van der Waals surface area contributed by atoms with E-state index in [0.29, 0.717) is 5.82 Å². The highest BCUT2D eigenvalue weighted by Gasteiger charge is 2.21. The van der Waals surface area contributed by atoms with Crippen LogP contribution in [0.25, 0.3) is 5.69 Å². The molecule has 2 rings (SSSR count).